The van der Waals surface area contributed by atoms with E-state index in [0.717, 1.165) is 0 Å². The first-order valence-electron chi connectivity index (χ1n) is 11.0. The third-order valence-electron chi connectivity index (χ3n) is 6.26. The predicted molar refractivity (Wildman–Crippen MR) is 125 cm³/mol. The summed E-state index contributed by atoms with van der Waals surface area (Å²) >= 11 is 0. The van der Waals surface area contributed by atoms with Gasteiger partial charge in [0.1, 0.15) is 5.82 Å². The van der Waals surface area contributed by atoms with Crippen LogP contribution >= 0.6 is 0 Å². The zero-order valence-electron chi connectivity index (χ0n) is 18.8. The second-order valence-corrected chi connectivity index (χ2v) is 8.68. The Hall–Kier alpha value is -3.68. The summed E-state index contributed by atoms with van der Waals surface area (Å²) in [7, 11) is 1.80. The van der Waals surface area contributed by atoms with Gasteiger partial charge in [-0.3, -0.25) is 19.8 Å². The molecule has 1 fully saturated rings. The Labute approximate surface area is 192 Å². The molecule has 2 unspecified atom stereocenters. The van der Waals surface area contributed by atoms with Crippen molar-refractivity contribution < 1.29 is 18.8 Å². The summed E-state index contributed by atoms with van der Waals surface area (Å²) in [5, 5.41) is 3.91. The number of amides is 3. The highest BCUT2D eigenvalue weighted by molar-refractivity contribution is 6.07. The van der Waals surface area contributed by atoms with Gasteiger partial charge in [-0.2, -0.15) is 0 Å². The number of nitrogens with one attached hydrogen (secondary N) is 2. The second-order valence-electron chi connectivity index (χ2n) is 8.68. The van der Waals surface area contributed by atoms with Crippen molar-refractivity contribution in [2.75, 3.05) is 22.3 Å². The van der Waals surface area contributed by atoms with Gasteiger partial charge >= 0.3 is 0 Å². The number of carbonyl (C=O) groups excluding carboxylic acids is 3. The second kappa shape index (κ2) is 9.05. The molecule has 2 aliphatic rings. The van der Waals surface area contributed by atoms with E-state index in [1.165, 1.54) is 17.1 Å². The van der Waals surface area contributed by atoms with Crippen LogP contribution < -0.4 is 20.7 Å². The first kappa shape index (κ1) is 22.5. The van der Waals surface area contributed by atoms with Gasteiger partial charge in [0.15, 0.2) is 0 Å². The van der Waals surface area contributed by atoms with E-state index in [2.05, 4.69) is 10.7 Å². The Bertz CT molecular complexity index is 1130. The van der Waals surface area contributed by atoms with Crippen LogP contribution in [0.3, 0.4) is 0 Å². The van der Waals surface area contributed by atoms with Gasteiger partial charge < -0.3 is 10.2 Å². The first-order chi connectivity index (χ1) is 15.8. The van der Waals surface area contributed by atoms with Gasteiger partial charge in [-0.25, -0.2) is 9.40 Å². The fraction of sp³-hybridized carbons (Fsp3) is 0.320. The van der Waals surface area contributed by atoms with E-state index in [1.807, 2.05) is 26.0 Å². The fourth-order valence-electron chi connectivity index (χ4n) is 4.12. The number of halogens is 1. The number of hydrogen-bond donors (Lipinski definition) is 2. The van der Waals surface area contributed by atoms with Gasteiger partial charge in [0, 0.05) is 24.3 Å². The number of carbonyl (C=O) groups is 3. The van der Waals surface area contributed by atoms with Gasteiger partial charge in [0.05, 0.1) is 23.2 Å². The number of hydrazine groups is 1. The van der Waals surface area contributed by atoms with Crippen LogP contribution in [0.2, 0.25) is 0 Å². The Kier molecular flexibility index (Phi) is 6.18. The van der Waals surface area contributed by atoms with E-state index >= 15 is 0 Å². The topological polar surface area (TPSA) is 81.8 Å². The van der Waals surface area contributed by atoms with E-state index in [9.17, 15) is 18.8 Å². The minimum absolute atomic E-state index is 0.126. The number of anilines is 3. The fourth-order valence-corrected chi connectivity index (χ4v) is 4.12. The number of hydrogen-bond acceptors (Lipinski definition) is 4. The zero-order valence-corrected chi connectivity index (χ0v) is 18.8. The highest BCUT2D eigenvalue weighted by Crippen LogP contribution is 2.32. The Morgan fingerprint density at radius 3 is 2.55 bits per heavy atom. The summed E-state index contributed by atoms with van der Waals surface area (Å²) < 4.78 is 14.6. The minimum Gasteiger partial charge on any atom is -0.370 e. The Balaban J connectivity index is 1.52. The molecular weight excluding hydrogens is 423 g/mol. The van der Waals surface area contributed by atoms with Crippen molar-refractivity contribution in [1.29, 1.82) is 0 Å². The van der Waals surface area contributed by atoms with Gasteiger partial charge in [-0.15, -0.1) is 0 Å². The first-order valence-corrected chi connectivity index (χ1v) is 11.0. The van der Waals surface area contributed by atoms with Crippen LogP contribution in [0, 0.1) is 17.7 Å². The number of benzene rings is 2. The van der Waals surface area contributed by atoms with Crippen LogP contribution in [0.25, 0.3) is 0 Å². The third kappa shape index (κ3) is 4.46. The molecule has 2 atom stereocenters. The molecule has 2 N–H and O–H groups in total. The monoisotopic (exact) mass is 450 g/mol. The molecule has 33 heavy (non-hydrogen) atoms. The van der Waals surface area contributed by atoms with Crippen LogP contribution in [0.5, 0.6) is 0 Å². The highest BCUT2D eigenvalue weighted by atomic mass is 19.1. The van der Waals surface area contributed by atoms with Crippen molar-refractivity contribution in [1.82, 2.24) is 5.43 Å². The minimum atomic E-state index is -0.449. The number of allylic oxidation sites excluding steroid dienone is 2. The maximum atomic E-state index is 14.6. The lowest BCUT2D eigenvalue weighted by molar-refractivity contribution is -0.139. The molecule has 0 radical (unpaired) electrons. The quantitative estimate of drug-likeness (QED) is 0.678. The van der Waals surface area contributed by atoms with Crippen molar-refractivity contribution in [2.24, 2.45) is 11.8 Å². The van der Waals surface area contributed by atoms with Crippen molar-refractivity contribution >= 4 is 34.8 Å². The number of nitrogens with zero attached hydrogens (tertiary/aromatic N) is 2. The van der Waals surface area contributed by atoms with E-state index in [4.69, 9.17) is 0 Å². The molecule has 4 rings (SSSR count). The maximum Gasteiger partial charge on any atom is 0.255 e. The van der Waals surface area contributed by atoms with Crippen molar-refractivity contribution in [3.63, 3.8) is 0 Å². The average Bonchev–Trinajstić information content (AvgIpc) is 2.81. The molecule has 0 saturated carbocycles. The molecule has 1 saturated heterocycles. The maximum absolute atomic E-state index is 14.6. The molecule has 1 aliphatic carbocycles. The normalized spacial score (nSPS) is 19.8. The van der Waals surface area contributed by atoms with E-state index in [1.54, 1.807) is 42.3 Å². The summed E-state index contributed by atoms with van der Waals surface area (Å²) in [5.74, 6) is -2.07. The van der Waals surface area contributed by atoms with Crippen molar-refractivity contribution in [2.45, 2.75) is 32.7 Å². The van der Waals surface area contributed by atoms with Gasteiger partial charge in [0.25, 0.3) is 5.91 Å². The smallest absolute Gasteiger partial charge is 0.255 e. The van der Waals surface area contributed by atoms with Crippen molar-refractivity contribution in [3.8, 4) is 0 Å². The molecular formula is C25H27FN4O3. The lowest BCUT2D eigenvalue weighted by Crippen LogP contribution is -2.59. The molecule has 2 aromatic rings. The standard InChI is InChI=1S/C25H27FN4O3/c1-15(2)29(3)22-12-11-17(14-21(22)26)27-23(31)16-7-6-8-18(13-16)30-25(33)20-10-5-4-9-19(20)24(32)28-30/h4-8,11-15,19-20H,9-10H2,1-3H3,(H,27,31)(H,28,32). The van der Waals surface area contributed by atoms with E-state index in [-0.39, 0.29) is 29.3 Å². The van der Waals surface area contributed by atoms with Crippen LogP contribution in [0.1, 0.15) is 37.0 Å². The van der Waals surface area contributed by atoms with Gasteiger partial charge in [-0.05, 0) is 63.1 Å². The summed E-state index contributed by atoms with van der Waals surface area (Å²) in [4.78, 5) is 40.1. The Morgan fingerprint density at radius 1 is 1.12 bits per heavy atom. The van der Waals surface area contributed by atoms with E-state index in [0.29, 0.717) is 29.9 Å². The molecule has 1 heterocycles. The molecule has 0 aromatic heterocycles. The molecule has 7 nitrogen and oxygen atoms in total. The van der Waals surface area contributed by atoms with E-state index < -0.39 is 17.6 Å². The van der Waals surface area contributed by atoms with Crippen LogP contribution in [0.4, 0.5) is 21.5 Å². The molecule has 0 spiro atoms. The summed E-state index contributed by atoms with van der Waals surface area (Å²) in [6, 6.07) is 11.1. The van der Waals surface area contributed by atoms with Crippen LogP contribution in [-0.4, -0.2) is 30.8 Å². The number of fused-ring (bicyclic) bond motifs is 1. The van der Waals surface area contributed by atoms with Gasteiger partial charge in [0.2, 0.25) is 11.8 Å². The lowest BCUT2D eigenvalue weighted by Gasteiger charge is -2.38. The molecule has 172 valence electrons. The molecule has 8 heteroatoms. The molecule has 0 bridgehead atoms. The number of rotatable bonds is 5. The average molecular weight is 451 g/mol. The summed E-state index contributed by atoms with van der Waals surface area (Å²) in [6.07, 6.45) is 4.90. The molecule has 3 amide bonds. The molecule has 1 aliphatic heterocycles. The largest absolute Gasteiger partial charge is 0.370 e. The van der Waals surface area contributed by atoms with Crippen LogP contribution in [-0.2, 0) is 9.59 Å². The molecule has 2 aromatic carbocycles. The predicted octanol–water partition coefficient (Wildman–Crippen LogP) is 3.88. The lowest BCUT2D eigenvalue weighted by atomic mass is 9.80. The van der Waals surface area contributed by atoms with Crippen molar-refractivity contribution in [3.05, 3.63) is 66.0 Å². The third-order valence-corrected chi connectivity index (χ3v) is 6.26. The summed E-state index contributed by atoms with van der Waals surface area (Å²) in [6.45, 7) is 3.92. The van der Waals surface area contributed by atoms with Crippen LogP contribution in [0.15, 0.2) is 54.6 Å². The Morgan fingerprint density at radius 2 is 1.85 bits per heavy atom. The SMILES string of the molecule is CC(C)N(C)c1ccc(NC(=O)c2cccc(N3NC(=O)C4CC=CCC4C3=O)c2)cc1F. The van der Waals surface area contributed by atoms with Gasteiger partial charge in [-0.1, -0.05) is 18.2 Å². The summed E-state index contributed by atoms with van der Waals surface area (Å²) in [5.41, 5.74) is 4.10. The zero-order chi connectivity index (χ0) is 23.7. The highest BCUT2D eigenvalue weighted by Gasteiger charge is 2.42.